The zero-order valence-electron chi connectivity index (χ0n) is 25.3. The molecule has 0 bridgehead atoms. The van der Waals surface area contributed by atoms with Crippen molar-refractivity contribution in [2.24, 2.45) is 5.73 Å². The van der Waals surface area contributed by atoms with Crippen LogP contribution in [0, 0.1) is 6.92 Å². The van der Waals surface area contributed by atoms with Crippen molar-refractivity contribution in [3.05, 3.63) is 108 Å². The van der Waals surface area contributed by atoms with E-state index in [1.807, 2.05) is 63.1 Å². The van der Waals surface area contributed by atoms with Crippen molar-refractivity contribution in [1.82, 2.24) is 20.9 Å². The van der Waals surface area contributed by atoms with Gasteiger partial charge in [0.15, 0.2) is 0 Å². The van der Waals surface area contributed by atoms with Gasteiger partial charge in [0, 0.05) is 41.9 Å². The molecular formula is C33H44BrN5O4. The van der Waals surface area contributed by atoms with Crippen molar-refractivity contribution in [3.63, 3.8) is 0 Å². The number of nitrogens with zero attached hydrogens (tertiary/aromatic N) is 1. The third-order valence-corrected chi connectivity index (χ3v) is 6.77. The highest BCUT2D eigenvalue weighted by atomic mass is 79.9. The Morgan fingerprint density at radius 3 is 2.16 bits per heavy atom. The van der Waals surface area contributed by atoms with Crippen LogP contribution < -0.4 is 21.7 Å². The first kappa shape index (κ1) is 38.9. The van der Waals surface area contributed by atoms with E-state index in [4.69, 9.17) is 4.79 Å². The number of halogens is 1. The van der Waals surface area contributed by atoms with E-state index in [1.165, 1.54) is 7.05 Å². The number of piperazine rings is 1. The maximum absolute atomic E-state index is 13.3. The summed E-state index contributed by atoms with van der Waals surface area (Å²) in [7, 11) is 1.50. The molecule has 5 N–H and O–H groups in total. The zero-order chi connectivity index (χ0) is 32.8. The summed E-state index contributed by atoms with van der Waals surface area (Å²) in [6.45, 7) is 18.1. The van der Waals surface area contributed by atoms with E-state index < -0.39 is 17.9 Å². The fraction of sp³-hybridized carbons (Fsp3) is 0.273. The molecule has 2 aromatic rings. The molecule has 1 aliphatic rings. The van der Waals surface area contributed by atoms with Crippen molar-refractivity contribution in [1.29, 1.82) is 0 Å². The SMILES string of the molecule is C=C.C=C(/C=C\C(Br)=C/C)NC(=O)CC(NC(=O)c1ccc(-c2ccccc2C)cc1)C(=O)N1CCNCC1.C=O.CN. The predicted octanol–water partition coefficient (Wildman–Crippen LogP) is 4.26. The molecule has 3 rings (SSSR count). The van der Waals surface area contributed by atoms with Crippen LogP contribution in [-0.4, -0.2) is 68.7 Å². The van der Waals surface area contributed by atoms with Crippen molar-refractivity contribution in [2.75, 3.05) is 33.2 Å². The molecule has 43 heavy (non-hydrogen) atoms. The lowest BCUT2D eigenvalue weighted by Crippen LogP contribution is -2.55. The Kier molecular flexibility index (Phi) is 20.3. The molecule has 1 unspecified atom stereocenters. The van der Waals surface area contributed by atoms with Gasteiger partial charge in [0.05, 0.1) is 6.42 Å². The van der Waals surface area contributed by atoms with Crippen molar-refractivity contribution >= 4 is 40.4 Å². The standard InChI is InChI=1S/C29H33BrN4O3.C2H4.CH5N.CH2O/c1-4-24(30)14-9-21(3)32-27(35)19-26(29(37)34-17-15-31-16-18-34)33-28(36)23-12-10-22(11-13-23)25-8-6-5-7-20(25)2;3*1-2/h4-14,26,31H,3,15-19H2,1-2H3,(H,32,35)(H,33,36);1-2H2;2H2,1H3;1H2/b14-9-,24-4+;;;. The molecule has 0 aromatic heterocycles. The number of carbonyl (C=O) groups is 4. The normalized spacial score (nSPS) is 13.0. The Hall–Kier alpha value is -4.12. The first-order valence-electron chi connectivity index (χ1n) is 13.6. The summed E-state index contributed by atoms with van der Waals surface area (Å²) in [6.07, 6.45) is 5.07. The highest BCUT2D eigenvalue weighted by molar-refractivity contribution is 9.11. The van der Waals surface area contributed by atoms with Crippen LogP contribution in [0.3, 0.4) is 0 Å². The summed E-state index contributed by atoms with van der Waals surface area (Å²) < 4.78 is 0.843. The molecule has 1 aliphatic heterocycles. The van der Waals surface area contributed by atoms with Crippen LogP contribution in [0.2, 0.25) is 0 Å². The Labute approximate surface area is 264 Å². The molecule has 232 valence electrons. The van der Waals surface area contributed by atoms with Crippen LogP contribution in [0.1, 0.15) is 29.3 Å². The molecular weight excluding hydrogens is 610 g/mol. The molecule has 9 nitrogen and oxygen atoms in total. The number of nitrogens with two attached hydrogens (primary N) is 1. The number of carbonyl (C=O) groups excluding carboxylic acids is 4. The number of nitrogens with one attached hydrogen (secondary N) is 3. The summed E-state index contributed by atoms with van der Waals surface area (Å²) in [5.74, 6) is -1.09. The van der Waals surface area contributed by atoms with Gasteiger partial charge in [-0.05, 0) is 61.9 Å². The Bertz CT molecular complexity index is 1240. The van der Waals surface area contributed by atoms with E-state index in [1.54, 1.807) is 29.2 Å². The van der Waals surface area contributed by atoms with E-state index in [0.717, 1.165) is 21.2 Å². The average Bonchev–Trinajstić information content (AvgIpc) is 3.06. The highest BCUT2D eigenvalue weighted by Crippen LogP contribution is 2.23. The van der Waals surface area contributed by atoms with Gasteiger partial charge in [0.25, 0.3) is 5.91 Å². The smallest absolute Gasteiger partial charge is 0.251 e. The maximum Gasteiger partial charge on any atom is 0.251 e. The third kappa shape index (κ3) is 13.6. The van der Waals surface area contributed by atoms with Gasteiger partial charge < -0.3 is 31.4 Å². The Morgan fingerprint density at radius 2 is 1.60 bits per heavy atom. The lowest BCUT2D eigenvalue weighted by molar-refractivity contribution is -0.136. The second kappa shape index (κ2) is 22.5. The minimum absolute atomic E-state index is 0.201. The largest absolute Gasteiger partial charge is 0.340 e. The maximum atomic E-state index is 13.3. The van der Waals surface area contributed by atoms with Crippen LogP contribution in [0.4, 0.5) is 0 Å². The summed E-state index contributed by atoms with van der Waals surface area (Å²) in [4.78, 5) is 48.8. The summed E-state index contributed by atoms with van der Waals surface area (Å²) in [5, 5.41) is 8.68. The predicted molar refractivity (Wildman–Crippen MR) is 180 cm³/mol. The molecule has 1 saturated heterocycles. The molecule has 3 amide bonds. The summed E-state index contributed by atoms with van der Waals surface area (Å²) in [6, 6.07) is 14.3. The molecule has 1 atom stereocenters. The van der Waals surface area contributed by atoms with Crippen LogP contribution in [0.25, 0.3) is 11.1 Å². The van der Waals surface area contributed by atoms with Gasteiger partial charge in [-0.3, -0.25) is 14.4 Å². The van der Waals surface area contributed by atoms with Gasteiger partial charge in [0.1, 0.15) is 12.8 Å². The fourth-order valence-corrected chi connectivity index (χ4v) is 4.11. The second-order valence-electron chi connectivity index (χ2n) is 8.78. The number of allylic oxidation sites excluding steroid dienone is 4. The number of hydrogen-bond donors (Lipinski definition) is 4. The van der Waals surface area contributed by atoms with Crippen LogP contribution in [0.5, 0.6) is 0 Å². The lowest BCUT2D eigenvalue weighted by Gasteiger charge is -2.31. The van der Waals surface area contributed by atoms with Crippen molar-refractivity contribution in [2.45, 2.75) is 26.3 Å². The van der Waals surface area contributed by atoms with E-state index in [9.17, 15) is 14.4 Å². The van der Waals surface area contributed by atoms with Gasteiger partial charge in [-0.2, -0.15) is 0 Å². The minimum Gasteiger partial charge on any atom is -0.340 e. The van der Waals surface area contributed by atoms with Gasteiger partial charge in [-0.25, -0.2) is 0 Å². The zero-order valence-corrected chi connectivity index (χ0v) is 26.9. The Balaban J connectivity index is 0.00000276. The Morgan fingerprint density at radius 1 is 1.02 bits per heavy atom. The first-order chi connectivity index (χ1) is 20.8. The van der Waals surface area contributed by atoms with E-state index in [-0.39, 0.29) is 12.3 Å². The molecule has 0 radical (unpaired) electrons. The third-order valence-electron chi connectivity index (χ3n) is 6.04. The molecule has 10 heteroatoms. The van der Waals surface area contributed by atoms with Crippen LogP contribution in [-0.2, 0) is 14.4 Å². The lowest BCUT2D eigenvalue weighted by atomic mass is 9.99. The minimum atomic E-state index is -0.999. The number of hydrogen-bond acceptors (Lipinski definition) is 6. The van der Waals surface area contributed by atoms with Gasteiger partial charge in [-0.1, -0.05) is 65.0 Å². The number of amides is 3. The number of aryl methyl sites for hydroxylation is 1. The molecule has 0 saturated carbocycles. The summed E-state index contributed by atoms with van der Waals surface area (Å²) >= 11 is 3.36. The van der Waals surface area contributed by atoms with E-state index >= 15 is 0 Å². The quantitative estimate of drug-likeness (QED) is 0.236. The monoisotopic (exact) mass is 653 g/mol. The summed E-state index contributed by atoms with van der Waals surface area (Å²) in [5.41, 5.74) is 8.53. The molecule has 0 spiro atoms. The fourth-order valence-electron chi connectivity index (χ4n) is 3.98. The molecule has 2 aromatic carbocycles. The number of rotatable bonds is 9. The molecule has 1 heterocycles. The van der Waals surface area contributed by atoms with Crippen molar-refractivity contribution < 1.29 is 19.2 Å². The first-order valence-corrected chi connectivity index (χ1v) is 14.4. The molecule has 0 aliphatic carbocycles. The topological polar surface area (TPSA) is 134 Å². The van der Waals surface area contributed by atoms with Gasteiger partial charge >= 0.3 is 0 Å². The van der Waals surface area contributed by atoms with Gasteiger partial charge in [-0.15, -0.1) is 13.2 Å². The van der Waals surface area contributed by atoms with Crippen molar-refractivity contribution in [3.8, 4) is 11.1 Å². The second-order valence-corrected chi connectivity index (χ2v) is 9.69. The van der Waals surface area contributed by atoms with Gasteiger partial charge in [0.2, 0.25) is 11.8 Å². The average molecular weight is 655 g/mol. The van der Waals surface area contributed by atoms with E-state index in [2.05, 4.69) is 57.4 Å². The highest BCUT2D eigenvalue weighted by Gasteiger charge is 2.29. The van der Waals surface area contributed by atoms with E-state index in [0.29, 0.717) is 37.4 Å². The van der Waals surface area contributed by atoms with Crippen LogP contribution >= 0.6 is 15.9 Å². The number of benzene rings is 2. The molecule has 1 fully saturated rings. The van der Waals surface area contributed by atoms with Crippen LogP contribution in [0.15, 0.2) is 96.7 Å².